The lowest BCUT2D eigenvalue weighted by Gasteiger charge is -2.21. The first-order valence-electron chi connectivity index (χ1n) is 12.5. The summed E-state index contributed by atoms with van der Waals surface area (Å²) in [7, 11) is 1.29. The highest BCUT2D eigenvalue weighted by atomic mass is 35.5. The van der Waals surface area contributed by atoms with E-state index in [1.54, 1.807) is 54.6 Å². The molecule has 1 unspecified atom stereocenters. The number of hydrogen-bond donors (Lipinski definition) is 3. The molecule has 4 rings (SSSR count). The van der Waals surface area contributed by atoms with Gasteiger partial charge in [0, 0.05) is 46.1 Å². The summed E-state index contributed by atoms with van der Waals surface area (Å²) in [6.07, 6.45) is 3.91. The molecule has 2 aromatic heterocycles. The zero-order chi connectivity index (χ0) is 29.4. The molecule has 1 atom stereocenters. The van der Waals surface area contributed by atoms with Gasteiger partial charge in [-0.3, -0.25) is 10.1 Å². The number of carbonyl (C=O) groups excluding carboxylic acids is 2. The molecule has 4 aromatic rings. The molecule has 212 valence electrons. The maximum absolute atomic E-state index is 13.1. The van der Waals surface area contributed by atoms with Gasteiger partial charge in [-0.25, -0.2) is 4.79 Å². The predicted octanol–water partition coefficient (Wildman–Crippen LogP) is 4.47. The van der Waals surface area contributed by atoms with Crippen LogP contribution >= 0.6 is 23.2 Å². The molecular weight excluding hydrogens is 569 g/mol. The quantitative estimate of drug-likeness (QED) is 0.226. The van der Waals surface area contributed by atoms with E-state index in [9.17, 15) is 9.59 Å². The molecule has 12 nitrogen and oxygen atoms in total. The second kappa shape index (κ2) is 13.8. The minimum absolute atomic E-state index is 0.151. The van der Waals surface area contributed by atoms with Gasteiger partial charge in [-0.15, -0.1) is 15.3 Å². The minimum atomic E-state index is -0.571. The summed E-state index contributed by atoms with van der Waals surface area (Å²) in [4.78, 5) is 24.6. The Morgan fingerprint density at radius 2 is 1.85 bits per heavy atom. The molecule has 2 amide bonds. The normalized spacial score (nSPS) is 12.0. The van der Waals surface area contributed by atoms with E-state index in [0.717, 1.165) is 5.56 Å². The summed E-state index contributed by atoms with van der Waals surface area (Å²) >= 11 is 12.7. The van der Waals surface area contributed by atoms with Crippen LogP contribution in [-0.2, 0) is 9.53 Å². The number of tetrazole rings is 1. The highest BCUT2D eigenvalue weighted by Gasteiger charge is 2.20. The Bertz CT molecular complexity index is 1530. The van der Waals surface area contributed by atoms with Gasteiger partial charge in [-0.2, -0.15) is 4.68 Å². The van der Waals surface area contributed by atoms with Gasteiger partial charge in [0.2, 0.25) is 5.91 Å². The fourth-order valence-corrected chi connectivity index (χ4v) is 4.19. The van der Waals surface area contributed by atoms with Crippen LogP contribution in [0.25, 0.3) is 23.0 Å². The van der Waals surface area contributed by atoms with E-state index in [2.05, 4.69) is 46.4 Å². The van der Waals surface area contributed by atoms with Gasteiger partial charge in [0.25, 0.3) is 0 Å². The van der Waals surface area contributed by atoms with Gasteiger partial charge in [-0.05, 0) is 52.9 Å². The lowest BCUT2D eigenvalue weighted by atomic mass is 10.0. The highest BCUT2D eigenvalue weighted by Crippen LogP contribution is 2.27. The number of ether oxygens (including phenoxy) is 1. The minimum Gasteiger partial charge on any atom is -0.453 e. The number of nitrogens with zero attached hydrogens (tertiary/aromatic N) is 6. The van der Waals surface area contributed by atoms with Crippen molar-refractivity contribution in [2.24, 2.45) is 0 Å². The first-order chi connectivity index (χ1) is 19.7. The van der Waals surface area contributed by atoms with Crippen molar-refractivity contribution in [3.05, 3.63) is 82.2 Å². The molecule has 41 heavy (non-hydrogen) atoms. The standard InChI is InChI=1S/C27H27Cl2N9O3/c1-16(2)30-14-23(33-25(39)11-6-18-12-19(28)7-10-24(18)38-15-31-36-37-38)21-13-22(34-35-26(21)29)17-4-8-20(9-5-17)32-27(40)41-3/h4-13,15-16,23,30H,14H2,1-3H3,(H,32,40)(H,33,39). The molecule has 0 fully saturated rings. The summed E-state index contributed by atoms with van der Waals surface area (Å²) in [5.74, 6) is -0.365. The Kier molecular flexibility index (Phi) is 9.95. The van der Waals surface area contributed by atoms with Crippen molar-refractivity contribution in [2.45, 2.75) is 25.9 Å². The van der Waals surface area contributed by atoms with Gasteiger partial charge in [-0.1, -0.05) is 49.2 Å². The lowest BCUT2D eigenvalue weighted by molar-refractivity contribution is -0.117. The fourth-order valence-electron chi connectivity index (χ4n) is 3.79. The van der Waals surface area contributed by atoms with Crippen LogP contribution in [0.5, 0.6) is 0 Å². The molecule has 2 heterocycles. The molecule has 0 aliphatic carbocycles. The molecule has 14 heteroatoms. The van der Waals surface area contributed by atoms with Crippen LogP contribution in [0.15, 0.2) is 60.9 Å². The molecular formula is C27H27Cl2N9O3. The number of amides is 2. The lowest BCUT2D eigenvalue weighted by Crippen LogP contribution is -2.37. The number of benzene rings is 2. The van der Waals surface area contributed by atoms with Crippen LogP contribution in [0.4, 0.5) is 10.5 Å². The number of rotatable bonds is 10. The predicted molar refractivity (Wildman–Crippen MR) is 156 cm³/mol. The Hall–Kier alpha value is -4.39. The number of carbonyl (C=O) groups is 2. The molecule has 0 radical (unpaired) electrons. The van der Waals surface area contributed by atoms with Gasteiger partial charge < -0.3 is 15.4 Å². The average molecular weight is 596 g/mol. The second-order valence-corrected chi connectivity index (χ2v) is 9.88. The van der Waals surface area contributed by atoms with Crippen LogP contribution in [0.1, 0.15) is 31.0 Å². The van der Waals surface area contributed by atoms with Crippen molar-refractivity contribution in [3.8, 4) is 16.9 Å². The molecule has 0 aliphatic rings. The van der Waals surface area contributed by atoms with E-state index in [-0.39, 0.29) is 17.1 Å². The van der Waals surface area contributed by atoms with Crippen molar-refractivity contribution < 1.29 is 14.3 Å². The first kappa shape index (κ1) is 29.6. The number of halogens is 2. The number of methoxy groups -OCH3 is 1. The van der Waals surface area contributed by atoms with Crippen molar-refractivity contribution in [3.63, 3.8) is 0 Å². The van der Waals surface area contributed by atoms with Gasteiger partial charge in [0.05, 0.1) is 24.5 Å². The zero-order valence-corrected chi connectivity index (χ0v) is 23.9. The van der Waals surface area contributed by atoms with Crippen molar-refractivity contribution in [1.29, 1.82) is 0 Å². The molecule has 2 aromatic carbocycles. The largest absolute Gasteiger partial charge is 0.453 e. The summed E-state index contributed by atoms with van der Waals surface area (Å²) in [6, 6.07) is 13.6. The van der Waals surface area contributed by atoms with Crippen LogP contribution in [0.2, 0.25) is 10.2 Å². The number of aromatic nitrogens is 6. The Labute approximate surface area is 246 Å². The van der Waals surface area contributed by atoms with E-state index in [1.165, 1.54) is 24.2 Å². The van der Waals surface area contributed by atoms with Crippen LogP contribution in [0.3, 0.4) is 0 Å². The Morgan fingerprint density at radius 1 is 1.07 bits per heavy atom. The summed E-state index contributed by atoms with van der Waals surface area (Å²) < 4.78 is 6.10. The van der Waals surface area contributed by atoms with Crippen molar-refractivity contribution in [2.75, 3.05) is 19.0 Å². The molecule has 0 saturated carbocycles. The van der Waals surface area contributed by atoms with Gasteiger partial charge >= 0.3 is 6.09 Å². The average Bonchev–Trinajstić information content (AvgIpc) is 3.50. The number of nitrogens with one attached hydrogen (secondary N) is 3. The molecule has 0 spiro atoms. The number of anilines is 1. The summed E-state index contributed by atoms with van der Waals surface area (Å²) in [5, 5.41) is 29.2. The maximum atomic E-state index is 13.1. The zero-order valence-electron chi connectivity index (χ0n) is 22.4. The third-order valence-corrected chi connectivity index (χ3v) is 6.34. The second-order valence-electron chi connectivity index (χ2n) is 9.08. The fraction of sp³-hybridized carbons (Fsp3) is 0.222. The van der Waals surface area contributed by atoms with E-state index in [1.807, 2.05) is 13.8 Å². The Morgan fingerprint density at radius 3 is 2.54 bits per heavy atom. The van der Waals surface area contributed by atoms with Crippen LogP contribution in [0, 0.1) is 0 Å². The summed E-state index contributed by atoms with van der Waals surface area (Å²) in [5.41, 5.74) is 3.72. The summed E-state index contributed by atoms with van der Waals surface area (Å²) in [6.45, 7) is 4.39. The SMILES string of the molecule is COC(=O)Nc1ccc(-c2cc(C(CNC(C)C)NC(=O)C=Cc3cc(Cl)ccc3-n3cnnn3)c(Cl)nn2)cc1. The van der Waals surface area contributed by atoms with E-state index in [4.69, 9.17) is 23.2 Å². The van der Waals surface area contributed by atoms with Crippen LogP contribution in [-0.4, -0.2) is 62.1 Å². The van der Waals surface area contributed by atoms with Crippen molar-refractivity contribution in [1.82, 2.24) is 41.0 Å². The van der Waals surface area contributed by atoms with Gasteiger partial charge in [0.15, 0.2) is 5.15 Å². The smallest absolute Gasteiger partial charge is 0.411 e. The number of hydrogen-bond acceptors (Lipinski definition) is 9. The van der Waals surface area contributed by atoms with Gasteiger partial charge in [0.1, 0.15) is 6.33 Å². The van der Waals surface area contributed by atoms with E-state index in [0.29, 0.717) is 39.8 Å². The van der Waals surface area contributed by atoms with Crippen LogP contribution < -0.4 is 16.0 Å². The maximum Gasteiger partial charge on any atom is 0.411 e. The third-order valence-electron chi connectivity index (χ3n) is 5.81. The first-order valence-corrected chi connectivity index (χ1v) is 13.2. The van der Waals surface area contributed by atoms with E-state index < -0.39 is 12.1 Å². The molecule has 0 saturated heterocycles. The molecule has 3 N–H and O–H groups in total. The monoisotopic (exact) mass is 595 g/mol. The highest BCUT2D eigenvalue weighted by molar-refractivity contribution is 6.31. The Balaban J connectivity index is 1.57. The molecule has 0 bridgehead atoms. The topological polar surface area (TPSA) is 149 Å². The third kappa shape index (κ3) is 8.07. The van der Waals surface area contributed by atoms with E-state index >= 15 is 0 Å². The van der Waals surface area contributed by atoms with Crippen molar-refractivity contribution >= 4 is 47.0 Å². The molecule has 0 aliphatic heterocycles.